The Balaban J connectivity index is 1.74. The van der Waals surface area contributed by atoms with Crippen LogP contribution in [-0.2, 0) is 16.6 Å². The molecular weight excluding hydrogens is 296 g/mol. The molecule has 1 aliphatic rings. The highest BCUT2D eigenvalue weighted by atomic mass is 16.2. The van der Waals surface area contributed by atoms with Gasteiger partial charge in [-0.05, 0) is 41.5 Å². The van der Waals surface area contributed by atoms with Gasteiger partial charge in [-0.2, -0.15) is 0 Å². The summed E-state index contributed by atoms with van der Waals surface area (Å²) in [5, 5.41) is 3.11. The number of nitrogens with one attached hydrogen (secondary N) is 1. The fraction of sp³-hybridized carbons (Fsp3) is 0.381. The molecule has 1 aliphatic heterocycles. The van der Waals surface area contributed by atoms with Gasteiger partial charge in [0.15, 0.2) is 0 Å². The van der Waals surface area contributed by atoms with Crippen LogP contribution in [0.15, 0.2) is 48.5 Å². The molecule has 24 heavy (non-hydrogen) atoms. The summed E-state index contributed by atoms with van der Waals surface area (Å²) >= 11 is 0. The molecule has 2 aromatic carbocycles. The van der Waals surface area contributed by atoms with Crippen molar-refractivity contribution >= 4 is 17.3 Å². The van der Waals surface area contributed by atoms with Crippen molar-refractivity contribution in [1.82, 2.24) is 0 Å². The first kappa shape index (κ1) is 16.6. The Bertz CT molecular complexity index is 731. The highest BCUT2D eigenvalue weighted by molar-refractivity contribution is 5.95. The minimum atomic E-state index is 0.00158. The lowest BCUT2D eigenvalue weighted by Gasteiger charge is -2.31. The zero-order chi connectivity index (χ0) is 17.2. The number of benzene rings is 2. The Morgan fingerprint density at radius 1 is 1.08 bits per heavy atom. The lowest BCUT2D eigenvalue weighted by molar-refractivity contribution is -0.115. The second-order valence-electron chi connectivity index (χ2n) is 7.50. The van der Waals surface area contributed by atoms with Crippen LogP contribution in [0.2, 0.25) is 0 Å². The van der Waals surface area contributed by atoms with Crippen LogP contribution < -0.4 is 10.2 Å². The molecule has 0 saturated carbocycles. The SMILES string of the molecule is CC(C)(C)c1ccccc1NC(=O)CN1CCCc2ccccc21. The molecule has 126 valence electrons. The van der Waals surface area contributed by atoms with Crippen LogP contribution in [0.5, 0.6) is 0 Å². The van der Waals surface area contributed by atoms with Crippen LogP contribution >= 0.6 is 0 Å². The number of rotatable bonds is 3. The van der Waals surface area contributed by atoms with Crippen LogP contribution in [0, 0.1) is 0 Å². The maximum absolute atomic E-state index is 12.6. The molecule has 3 heteroatoms. The number of fused-ring (bicyclic) bond motifs is 1. The molecular formula is C21H26N2O. The molecule has 0 bridgehead atoms. The summed E-state index contributed by atoms with van der Waals surface area (Å²) in [7, 11) is 0. The molecule has 0 atom stereocenters. The topological polar surface area (TPSA) is 32.3 Å². The Labute approximate surface area is 144 Å². The predicted molar refractivity (Wildman–Crippen MR) is 101 cm³/mol. The minimum absolute atomic E-state index is 0.00158. The third-order valence-electron chi connectivity index (χ3n) is 4.55. The van der Waals surface area contributed by atoms with Gasteiger partial charge in [-0.15, -0.1) is 0 Å². The number of carbonyl (C=O) groups is 1. The van der Waals surface area contributed by atoms with E-state index in [1.54, 1.807) is 0 Å². The van der Waals surface area contributed by atoms with Gasteiger partial charge in [0.25, 0.3) is 0 Å². The van der Waals surface area contributed by atoms with Crippen LogP contribution in [-0.4, -0.2) is 19.0 Å². The Morgan fingerprint density at radius 3 is 2.58 bits per heavy atom. The number of para-hydroxylation sites is 2. The number of hydrogen-bond donors (Lipinski definition) is 1. The second kappa shape index (κ2) is 6.68. The van der Waals surface area contributed by atoms with Gasteiger partial charge in [0.1, 0.15) is 0 Å². The first-order valence-corrected chi connectivity index (χ1v) is 8.67. The number of nitrogens with zero attached hydrogens (tertiary/aromatic N) is 1. The van der Waals surface area contributed by atoms with Gasteiger partial charge in [-0.25, -0.2) is 0 Å². The van der Waals surface area contributed by atoms with Crippen LogP contribution in [0.25, 0.3) is 0 Å². The maximum Gasteiger partial charge on any atom is 0.243 e. The quantitative estimate of drug-likeness (QED) is 0.910. The minimum Gasteiger partial charge on any atom is -0.362 e. The zero-order valence-electron chi connectivity index (χ0n) is 14.8. The molecule has 0 spiro atoms. The van der Waals surface area contributed by atoms with Crippen molar-refractivity contribution < 1.29 is 4.79 Å². The van der Waals surface area contributed by atoms with Gasteiger partial charge in [-0.3, -0.25) is 4.79 Å². The summed E-state index contributed by atoms with van der Waals surface area (Å²) < 4.78 is 0. The van der Waals surface area contributed by atoms with Gasteiger partial charge in [0.05, 0.1) is 6.54 Å². The van der Waals surface area contributed by atoms with Gasteiger partial charge in [-0.1, -0.05) is 57.2 Å². The van der Waals surface area contributed by atoms with E-state index in [0.717, 1.165) is 30.6 Å². The molecule has 3 nitrogen and oxygen atoms in total. The lowest BCUT2D eigenvalue weighted by atomic mass is 9.86. The maximum atomic E-state index is 12.6. The summed E-state index contributed by atoms with van der Waals surface area (Å²) in [6.45, 7) is 7.83. The molecule has 0 fully saturated rings. The van der Waals surface area contributed by atoms with Crippen molar-refractivity contribution in [3.63, 3.8) is 0 Å². The van der Waals surface area contributed by atoms with Crippen molar-refractivity contribution in [2.24, 2.45) is 0 Å². The molecule has 1 amide bonds. The van der Waals surface area contributed by atoms with Crippen molar-refractivity contribution in [2.75, 3.05) is 23.3 Å². The number of amides is 1. The largest absolute Gasteiger partial charge is 0.362 e. The van der Waals surface area contributed by atoms with Crippen LogP contribution in [0.3, 0.4) is 0 Å². The third-order valence-corrected chi connectivity index (χ3v) is 4.55. The first-order chi connectivity index (χ1) is 11.4. The molecule has 3 rings (SSSR count). The van der Waals surface area contributed by atoms with Crippen molar-refractivity contribution in [3.8, 4) is 0 Å². The third kappa shape index (κ3) is 3.61. The normalized spacial score (nSPS) is 14.2. The molecule has 0 unspecified atom stereocenters. The van der Waals surface area contributed by atoms with E-state index >= 15 is 0 Å². The fourth-order valence-corrected chi connectivity index (χ4v) is 3.38. The molecule has 0 radical (unpaired) electrons. The van der Waals surface area contributed by atoms with Gasteiger partial charge in [0.2, 0.25) is 5.91 Å². The summed E-state index contributed by atoms with van der Waals surface area (Å²) in [6.07, 6.45) is 2.20. The van der Waals surface area contributed by atoms with E-state index in [1.807, 2.05) is 24.3 Å². The Hall–Kier alpha value is -2.29. The lowest BCUT2D eigenvalue weighted by Crippen LogP contribution is -2.37. The molecule has 0 aliphatic carbocycles. The number of anilines is 2. The molecule has 0 saturated heterocycles. The monoisotopic (exact) mass is 322 g/mol. The predicted octanol–water partition coefficient (Wildman–Crippen LogP) is 4.38. The van der Waals surface area contributed by atoms with E-state index in [9.17, 15) is 4.79 Å². The van der Waals surface area contributed by atoms with Crippen molar-refractivity contribution in [3.05, 3.63) is 59.7 Å². The highest BCUT2D eigenvalue weighted by Crippen LogP contribution is 2.30. The molecule has 0 aromatic heterocycles. The average molecular weight is 322 g/mol. The van der Waals surface area contributed by atoms with Gasteiger partial charge in [0, 0.05) is 17.9 Å². The summed E-state index contributed by atoms with van der Waals surface area (Å²) in [5.74, 6) is 0.0448. The van der Waals surface area contributed by atoms with E-state index in [2.05, 4.69) is 55.3 Å². The number of aryl methyl sites for hydroxylation is 1. The van der Waals surface area contributed by atoms with Crippen molar-refractivity contribution in [2.45, 2.75) is 39.0 Å². The average Bonchev–Trinajstić information content (AvgIpc) is 2.54. The molecule has 1 N–H and O–H groups in total. The summed E-state index contributed by atoms with van der Waals surface area (Å²) in [6, 6.07) is 16.5. The summed E-state index contributed by atoms with van der Waals surface area (Å²) in [5.41, 5.74) is 4.62. The van der Waals surface area contributed by atoms with Gasteiger partial charge < -0.3 is 10.2 Å². The molecule has 2 aromatic rings. The van der Waals surface area contributed by atoms with Crippen LogP contribution in [0.1, 0.15) is 38.3 Å². The van der Waals surface area contributed by atoms with Crippen LogP contribution in [0.4, 0.5) is 11.4 Å². The van der Waals surface area contributed by atoms with E-state index in [1.165, 1.54) is 11.3 Å². The summed E-state index contributed by atoms with van der Waals surface area (Å²) in [4.78, 5) is 14.8. The Morgan fingerprint density at radius 2 is 1.79 bits per heavy atom. The fourth-order valence-electron chi connectivity index (χ4n) is 3.38. The van der Waals surface area contributed by atoms with Gasteiger partial charge >= 0.3 is 0 Å². The first-order valence-electron chi connectivity index (χ1n) is 8.67. The van der Waals surface area contributed by atoms with E-state index in [-0.39, 0.29) is 11.3 Å². The Kier molecular flexibility index (Phi) is 4.61. The smallest absolute Gasteiger partial charge is 0.243 e. The molecule has 1 heterocycles. The standard InChI is InChI=1S/C21H26N2O/c1-21(2,3)17-11-5-6-12-18(17)22-20(24)15-23-14-8-10-16-9-4-7-13-19(16)23/h4-7,9,11-13H,8,10,14-15H2,1-3H3,(H,22,24). The zero-order valence-corrected chi connectivity index (χ0v) is 14.8. The van der Waals surface area contributed by atoms with E-state index in [0.29, 0.717) is 6.54 Å². The highest BCUT2D eigenvalue weighted by Gasteiger charge is 2.21. The number of hydrogen-bond acceptors (Lipinski definition) is 2. The van der Waals surface area contributed by atoms with Crippen molar-refractivity contribution in [1.29, 1.82) is 0 Å². The number of carbonyl (C=O) groups excluding carboxylic acids is 1. The van der Waals surface area contributed by atoms with E-state index in [4.69, 9.17) is 0 Å². The van der Waals surface area contributed by atoms with E-state index < -0.39 is 0 Å². The second-order valence-corrected chi connectivity index (χ2v) is 7.50.